The minimum Gasteiger partial charge on any atom is -0.396 e. The number of thiophene rings is 1. The van der Waals surface area contributed by atoms with Crippen LogP contribution in [-0.2, 0) is 0 Å². The maximum Gasteiger partial charge on any atom is 0.261 e. The highest BCUT2D eigenvalue weighted by molar-refractivity contribution is 7.99. The van der Waals surface area contributed by atoms with E-state index in [1.807, 2.05) is 31.5 Å². The number of pyridine rings is 1. The Kier molecular flexibility index (Phi) is 4.51. The van der Waals surface area contributed by atoms with Gasteiger partial charge in [0, 0.05) is 12.4 Å². The number of nitrogens with zero attached hydrogens (tertiary/aromatic N) is 1. The highest BCUT2D eigenvalue weighted by Crippen LogP contribution is 2.42. The third-order valence-electron chi connectivity index (χ3n) is 2.86. The van der Waals surface area contributed by atoms with Gasteiger partial charge in [0.05, 0.1) is 16.6 Å². The zero-order valence-electron chi connectivity index (χ0n) is 11.2. The van der Waals surface area contributed by atoms with Crippen molar-refractivity contribution in [2.24, 2.45) is 5.73 Å². The van der Waals surface area contributed by atoms with Crippen LogP contribution in [0, 0.1) is 0 Å². The fourth-order valence-corrected chi connectivity index (χ4v) is 3.78. The molecule has 0 aromatic carbocycles. The average molecular weight is 308 g/mol. The molecule has 5 N–H and O–H groups in total. The molecule has 0 bridgehead atoms. The van der Waals surface area contributed by atoms with Crippen molar-refractivity contribution >= 4 is 39.7 Å². The standard InChI is InChI=1S/C13H16N4OS2/c1-7(8-4-3-5-16-6-8)17-13-11(19-2)9(14)10(20-13)12(15)18/h3-7,17H,14H2,1-2H3,(H2,15,18). The van der Waals surface area contributed by atoms with Crippen LogP contribution in [-0.4, -0.2) is 17.1 Å². The number of rotatable bonds is 5. The number of thioether (sulfide) groups is 1. The quantitative estimate of drug-likeness (QED) is 0.738. The Morgan fingerprint density at radius 2 is 2.30 bits per heavy atom. The zero-order chi connectivity index (χ0) is 14.7. The number of primary amides is 1. The topological polar surface area (TPSA) is 94.0 Å². The number of carbonyl (C=O) groups is 1. The van der Waals surface area contributed by atoms with Gasteiger partial charge in [-0.05, 0) is 24.8 Å². The minimum atomic E-state index is -0.495. The lowest BCUT2D eigenvalue weighted by Gasteiger charge is -2.14. The molecule has 0 saturated carbocycles. The second-order valence-corrected chi connectivity index (χ2v) is 6.06. The van der Waals surface area contributed by atoms with Crippen molar-refractivity contribution in [3.63, 3.8) is 0 Å². The molecule has 0 radical (unpaired) electrons. The molecule has 2 aromatic heterocycles. The fraction of sp³-hybridized carbons (Fsp3) is 0.231. The number of nitrogen functional groups attached to an aromatic ring is 1. The van der Waals surface area contributed by atoms with Crippen molar-refractivity contribution in [3.8, 4) is 0 Å². The molecular formula is C13H16N4OS2. The van der Waals surface area contributed by atoms with E-state index in [-0.39, 0.29) is 6.04 Å². The van der Waals surface area contributed by atoms with Gasteiger partial charge in [-0.1, -0.05) is 6.07 Å². The molecule has 0 spiro atoms. The second kappa shape index (κ2) is 6.15. The number of nitrogens with one attached hydrogen (secondary N) is 1. The smallest absolute Gasteiger partial charge is 0.261 e. The lowest BCUT2D eigenvalue weighted by Crippen LogP contribution is -2.10. The summed E-state index contributed by atoms with van der Waals surface area (Å²) in [4.78, 5) is 16.7. The maximum atomic E-state index is 11.4. The third kappa shape index (κ3) is 2.88. The first-order valence-corrected chi connectivity index (χ1v) is 8.01. The van der Waals surface area contributed by atoms with Crippen molar-refractivity contribution in [2.45, 2.75) is 17.9 Å². The summed E-state index contributed by atoms with van der Waals surface area (Å²) in [5.41, 5.74) is 12.8. The van der Waals surface area contributed by atoms with Crippen molar-refractivity contribution in [1.82, 2.24) is 4.98 Å². The molecule has 0 fully saturated rings. The van der Waals surface area contributed by atoms with Crippen LogP contribution in [0.2, 0.25) is 0 Å². The molecule has 1 unspecified atom stereocenters. The molecule has 0 aliphatic carbocycles. The number of anilines is 2. The van der Waals surface area contributed by atoms with E-state index in [0.717, 1.165) is 15.5 Å². The molecule has 20 heavy (non-hydrogen) atoms. The first kappa shape index (κ1) is 14.7. The first-order valence-electron chi connectivity index (χ1n) is 5.97. The van der Waals surface area contributed by atoms with Gasteiger partial charge in [-0.25, -0.2) is 0 Å². The number of carbonyl (C=O) groups excluding carboxylic acids is 1. The monoisotopic (exact) mass is 308 g/mol. The van der Waals surface area contributed by atoms with Crippen LogP contribution >= 0.6 is 23.1 Å². The SMILES string of the molecule is CSc1c(NC(C)c2cccnc2)sc(C(N)=O)c1N. The van der Waals surface area contributed by atoms with Gasteiger partial charge < -0.3 is 16.8 Å². The van der Waals surface area contributed by atoms with E-state index in [0.29, 0.717) is 10.6 Å². The van der Waals surface area contributed by atoms with Crippen LogP contribution in [0.5, 0.6) is 0 Å². The van der Waals surface area contributed by atoms with Crippen LogP contribution in [0.1, 0.15) is 28.2 Å². The molecule has 7 heteroatoms. The van der Waals surface area contributed by atoms with Crippen molar-refractivity contribution in [1.29, 1.82) is 0 Å². The lowest BCUT2D eigenvalue weighted by atomic mass is 10.1. The van der Waals surface area contributed by atoms with Crippen LogP contribution in [0.25, 0.3) is 0 Å². The summed E-state index contributed by atoms with van der Waals surface area (Å²) < 4.78 is 0. The minimum absolute atomic E-state index is 0.0633. The molecule has 106 valence electrons. The number of amides is 1. The second-order valence-electron chi connectivity index (χ2n) is 4.22. The van der Waals surface area contributed by atoms with E-state index in [1.165, 1.54) is 23.1 Å². The summed E-state index contributed by atoms with van der Waals surface area (Å²) >= 11 is 2.79. The van der Waals surface area contributed by atoms with Crippen LogP contribution in [0.3, 0.4) is 0 Å². The largest absolute Gasteiger partial charge is 0.396 e. The molecule has 5 nitrogen and oxygen atoms in total. The number of nitrogens with two attached hydrogens (primary N) is 2. The highest BCUT2D eigenvalue weighted by atomic mass is 32.2. The van der Waals surface area contributed by atoms with Gasteiger partial charge >= 0.3 is 0 Å². The Hall–Kier alpha value is -1.73. The Balaban J connectivity index is 2.29. The van der Waals surface area contributed by atoms with Gasteiger partial charge in [0.2, 0.25) is 0 Å². The Morgan fingerprint density at radius 3 is 2.85 bits per heavy atom. The molecular weight excluding hydrogens is 292 g/mol. The van der Waals surface area contributed by atoms with E-state index < -0.39 is 5.91 Å². The Bertz CT molecular complexity index is 612. The summed E-state index contributed by atoms with van der Waals surface area (Å²) in [6.45, 7) is 2.03. The molecule has 2 aromatic rings. The summed E-state index contributed by atoms with van der Waals surface area (Å²) in [6.07, 6.45) is 5.46. The van der Waals surface area contributed by atoms with E-state index in [9.17, 15) is 4.79 Å². The van der Waals surface area contributed by atoms with Gasteiger partial charge in [0.1, 0.15) is 9.88 Å². The predicted octanol–water partition coefficient (Wildman–Crippen LogP) is 2.72. The molecule has 2 heterocycles. The molecule has 1 atom stereocenters. The van der Waals surface area contributed by atoms with Crippen molar-refractivity contribution in [3.05, 3.63) is 35.0 Å². The molecule has 0 saturated heterocycles. The molecule has 1 amide bonds. The molecule has 2 rings (SSSR count). The van der Waals surface area contributed by atoms with Gasteiger partial charge in [-0.3, -0.25) is 9.78 Å². The van der Waals surface area contributed by atoms with Crippen molar-refractivity contribution < 1.29 is 4.79 Å². The predicted molar refractivity (Wildman–Crippen MR) is 85.3 cm³/mol. The van der Waals surface area contributed by atoms with Crippen LogP contribution < -0.4 is 16.8 Å². The van der Waals surface area contributed by atoms with E-state index in [4.69, 9.17) is 11.5 Å². The number of aromatic nitrogens is 1. The maximum absolute atomic E-state index is 11.4. The molecule has 0 aliphatic rings. The summed E-state index contributed by atoms with van der Waals surface area (Å²) in [6, 6.07) is 3.95. The summed E-state index contributed by atoms with van der Waals surface area (Å²) in [7, 11) is 0. The van der Waals surface area contributed by atoms with Gasteiger partial charge in [0.25, 0.3) is 5.91 Å². The van der Waals surface area contributed by atoms with Crippen LogP contribution in [0.15, 0.2) is 29.4 Å². The first-order chi connectivity index (χ1) is 9.54. The highest BCUT2D eigenvalue weighted by Gasteiger charge is 2.20. The Morgan fingerprint density at radius 1 is 1.55 bits per heavy atom. The van der Waals surface area contributed by atoms with E-state index in [1.54, 1.807) is 6.20 Å². The van der Waals surface area contributed by atoms with E-state index in [2.05, 4.69) is 10.3 Å². The number of hydrogen-bond donors (Lipinski definition) is 3. The molecule has 0 aliphatic heterocycles. The van der Waals surface area contributed by atoms with E-state index >= 15 is 0 Å². The average Bonchev–Trinajstić information content (AvgIpc) is 2.76. The number of hydrogen-bond acceptors (Lipinski definition) is 6. The lowest BCUT2D eigenvalue weighted by molar-refractivity contribution is 0.100. The fourth-order valence-electron chi connectivity index (χ4n) is 1.82. The van der Waals surface area contributed by atoms with Crippen LogP contribution in [0.4, 0.5) is 10.7 Å². The third-order valence-corrected chi connectivity index (χ3v) is 4.97. The van der Waals surface area contributed by atoms with Gasteiger partial charge in [0.15, 0.2) is 0 Å². The normalized spacial score (nSPS) is 12.1. The zero-order valence-corrected chi connectivity index (χ0v) is 12.8. The van der Waals surface area contributed by atoms with Gasteiger partial charge in [-0.15, -0.1) is 23.1 Å². The van der Waals surface area contributed by atoms with Gasteiger partial charge in [-0.2, -0.15) is 0 Å². The Labute approximate surface area is 125 Å². The summed E-state index contributed by atoms with van der Waals surface area (Å²) in [5, 5.41) is 4.22. The summed E-state index contributed by atoms with van der Waals surface area (Å²) in [5.74, 6) is -0.495. The van der Waals surface area contributed by atoms with Crippen molar-refractivity contribution in [2.75, 3.05) is 17.3 Å².